The third-order valence-electron chi connectivity index (χ3n) is 6.18. The standard InChI is InChI=1S/C30H20ClNO/c31-22-17-10-18-23-27(22)28-26(21-15-8-3-9-16-21)30(33)25(20-13-6-2-7-14-20)24(29(28)32-23)19-11-4-1-5-12-19/h1-18,32-33H. The number of phenols is 1. The Bertz CT molecular complexity index is 1600. The number of H-pyrrole nitrogens is 1. The molecular weight excluding hydrogens is 426 g/mol. The summed E-state index contributed by atoms with van der Waals surface area (Å²) in [5.41, 5.74) is 7.37. The Labute approximate surface area is 196 Å². The number of aromatic hydroxyl groups is 1. The molecule has 0 amide bonds. The van der Waals surface area contributed by atoms with Gasteiger partial charge < -0.3 is 10.1 Å². The van der Waals surface area contributed by atoms with Crippen LogP contribution in [0.3, 0.4) is 0 Å². The van der Waals surface area contributed by atoms with Gasteiger partial charge in [0.1, 0.15) is 5.75 Å². The van der Waals surface area contributed by atoms with E-state index in [0.29, 0.717) is 5.02 Å². The molecule has 3 heteroatoms. The molecule has 6 rings (SSSR count). The van der Waals surface area contributed by atoms with E-state index in [9.17, 15) is 5.11 Å². The third kappa shape index (κ3) is 3.11. The second-order valence-corrected chi connectivity index (χ2v) is 8.52. The van der Waals surface area contributed by atoms with Crippen LogP contribution < -0.4 is 0 Å². The third-order valence-corrected chi connectivity index (χ3v) is 6.50. The average molecular weight is 446 g/mol. The van der Waals surface area contributed by atoms with Gasteiger partial charge >= 0.3 is 0 Å². The number of phenolic OH excluding ortho intramolecular Hbond substituents is 1. The number of aromatic nitrogens is 1. The summed E-state index contributed by atoms with van der Waals surface area (Å²) in [4.78, 5) is 3.64. The first-order valence-electron chi connectivity index (χ1n) is 10.9. The van der Waals surface area contributed by atoms with E-state index in [2.05, 4.69) is 17.1 Å². The number of aromatic amines is 1. The fourth-order valence-electron chi connectivity index (χ4n) is 4.79. The highest BCUT2D eigenvalue weighted by Gasteiger charge is 2.25. The summed E-state index contributed by atoms with van der Waals surface area (Å²) >= 11 is 6.74. The summed E-state index contributed by atoms with van der Waals surface area (Å²) in [7, 11) is 0. The molecule has 0 atom stereocenters. The number of rotatable bonds is 3. The molecule has 0 fully saturated rings. The van der Waals surface area contributed by atoms with Crippen molar-refractivity contribution in [3.8, 4) is 39.1 Å². The second-order valence-electron chi connectivity index (χ2n) is 8.11. The van der Waals surface area contributed by atoms with Gasteiger partial charge in [-0.1, -0.05) is 109 Å². The van der Waals surface area contributed by atoms with E-state index in [-0.39, 0.29) is 5.75 Å². The van der Waals surface area contributed by atoms with Crippen molar-refractivity contribution in [1.82, 2.24) is 4.98 Å². The molecule has 0 bridgehead atoms. The quantitative estimate of drug-likeness (QED) is 0.281. The molecule has 2 nitrogen and oxygen atoms in total. The highest BCUT2D eigenvalue weighted by molar-refractivity contribution is 6.39. The van der Waals surface area contributed by atoms with Crippen LogP contribution in [0.1, 0.15) is 0 Å². The van der Waals surface area contributed by atoms with Crippen LogP contribution in [0.4, 0.5) is 0 Å². The van der Waals surface area contributed by atoms with Crippen molar-refractivity contribution in [2.75, 3.05) is 0 Å². The van der Waals surface area contributed by atoms with E-state index in [0.717, 1.165) is 55.2 Å². The number of halogens is 1. The fourth-order valence-corrected chi connectivity index (χ4v) is 5.06. The molecule has 0 aliphatic heterocycles. The summed E-state index contributed by atoms with van der Waals surface area (Å²) in [6.07, 6.45) is 0. The van der Waals surface area contributed by atoms with Crippen molar-refractivity contribution < 1.29 is 5.11 Å². The SMILES string of the molecule is Oc1c(-c2ccccc2)c(-c2ccccc2)c2[nH]c3cccc(Cl)c3c2c1-c1ccccc1. The van der Waals surface area contributed by atoms with Gasteiger partial charge in [-0.3, -0.25) is 0 Å². The van der Waals surface area contributed by atoms with E-state index in [1.54, 1.807) is 0 Å². The van der Waals surface area contributed by atoms with E-state index >= 15 is 0 Å². The summed E-state index contributed by atoms with van der Waals surface area (Å²) in [5, 5.41) is 14.4. The van der Waals surface area contributed by atoms with Crippen LogP contribution in [-0.4, -0.2) is 10.1 Å². The highest BCUT2D eigenvalue weighted by atomic mass is 35.5. The van der Waals surface area contributed by atoms with Crippen LogP contribution in [0.5, 0.6) is 5.75 Å². The molecule has 0 aliphatic rings. The van der Waals surface area contributed by atoms with Crippen LogP contribution in [0, 0.1) is 0 Å². The molecule has 0 aliphatic carbocycles. The molecule has 0 saturated carbocycles. The maximum Gasteiger partial charge on any atom is 0.132 e. The van der Waals surface area contributed by atoms with Crippen molar-refractivity contribution in [3.05, 3.63) is 114 Å². The minimum Gasteiger partial charge on any atom is -0.507 e. The molecule has 158 valence electrons. The Morgan fingerprint density at radius 3 is 1.61 bits per heavy atom. The Morgan fingerprint density at radius 2 is 1.03 bits per heavy atom. The average Bonchev–Trinajstić information content (AvgIpc) is 3.25. The summed E-state index contributed by atoms with van der Waals surface area (Å²) in [6.45, 7) is 0. The Kier molecular flexibility index (Phi) is 4.67. The van der Waals surface area contributed by atoms with Crippen LogP contribution in [0.15, 0.2) is 109 Å². The number of nitrogens with one attached hydrogen (secondary N) is 1. The number of hydrogen-bond acceptors (Lipinski definition) is 1. The van der Waals surface area contributed by atoms with Gasteiger partial charge in [0.25, 0.3) is 0 Å². The van der Waals surface area contributed by atoms with Gasteiger partial charge in [0.15, 0.2) is 0 Å². The number of benzene rings is 5. The normalized spacial score (nSPS) is 11.3. The molecule has 33 heavy (non-hydrogen) atoms. The summed E-state index contributed by atoms with van der Waals surface area (Å²) in [5.74, 6) is 0.250. The van der Waals surface area contributed by atoms with Crippen molar-refractivity contribution in [2.45, 2.75) is 0 Å². The first kappa shape index (κ1) is 19.7. The van der Waals surface area contributed by atoms with Gasteiger partial charge in [0.2, 0.25) is 0 Å². The predicted octanol–water partition coefficient (Wildman–Crippen LogP) is 8.68. The van der Waals surface area contributed by atoms with Gasteiger partial charge in [0.05, 0.1) is 10.5 Å². The minimum atomic E-state index is 0.250. The van der Waals surface area contributed by atoms with E-state index < -0.39 is 0 Å². The lowest BCUT2D eigenvalue weighted by Gasteiger charge is -2.19. The molecule has 0 radical (unpaired) electrons. The summed E-state index contributed by atoms with van der Waals surface area (Å²) in [6, 6.07) is 36.2. The van der Waals surface area contributed by atoms with E-state index in [1.165, 1.54) is 0 Å². The molecule has 5 aromatic carbocycles. The van der Waals surface area contributed by atoms with Gasteiger partial charge in [-0.05, 0) is 28.8 Å². The van der Waals surface area contributed by atoms with Crippen molar-refractivity contribution in [1.29, 1.82) is 0 Å². The Hall–Kier alpha value is -4.01. The van der Waals surface area contributed by atoms with Gasteiger partial charge in [-0.25, -0.2) is 0 Å². The minimum absolute atomic E-state index is 0.250. The zero-order valence-corrected chi connectivity index (χ0v) is 18.5. The van der Waals surface area contributed by atoms with Gasteiger partial charge in [-0.2, -0.15) is 0 Å². The molecule has 0 saturated heterocycles. The largest absolute Gasteiger partial charge is 0.507 e. The zero-order valence-electron chi connectivity index (χ0n) is 17.7. The molecular formula is C30H20ClNO. The molecule has 6 aromatic rings. The predicted molar refractivity (Wildman–Crippen MR) is 139 cm³/mol. The molecule has 2 N–H and O–H groups in total. The van der Waals surface area contributed by atoms with Crippen LogP contribution >= 0.6 is 11.6 Å². The highest BCUT2D eigenvalue weighted by Crippen LogP contribution is 2.52. The van der Waals surface area contributed by atoms with Gasteiger partial charge in [-0.15, -0.1) is 0 Å². The molecule has 0 unspecified atom stereocenters. The van der Waals surface area contributed by atoms with Crippen molar-refractivity contribution in [3.63, 3.8) is 0 Å². The lowest BCUT2D eigenvalue weighted by molar-refractivity contribution is 0.480. The topological polar surface area (TPSA) is 36.0 Å². The zero-order chi connectivity index (χ0) is 22.4. The molecule has 1 heterocycles. The maximum absolute atomic E-state index is 11.9. The monoisotopic (exact) mass is 445 g/mol. The lowest BCUT2D eigenvalue weighted by atomic mass is 9.86. The number of hydrogen-bond donors (Lipinski definition) is 2. The van der Waals surface area contributed by atoms with Crippen LogP contribution in [0.25, 0.3) is 55.2 Å². The fraction of sp³-hybridized carbons (Fsp3) is 0. The molecule has 0 spiro atoms. The number of fused-ring (bicyclic) bond motifs is 3. The summed E-state index contributed by atoms with van der Waals surface area (Å²) < 4.78 is 0. The Morgan fingerprint density at radius 1 is 0.515 bits per heavy atom. The van der Waals surface area contributed by atoms with Crippen molar-refractivity contribution in [2.24, 2.45) is 0 Å². The first-order valence-corrected chi connectivity index (χ1v) is 11.3. The van der Waals surface area contributed by atoms with E-state index in [4.69, 9.17) is 11.6 Å². The molecule has 1 aromatic heterocycles. The van der Waals surface area contributed by atoms with E-state index in [1.807, 2.05) is 97.1 Å². The first-order chi connectivity index (χ1) is 16.2. The van der Waals surface area contributed by atoms with Gasteiger partial charge in [0, 0.05) is 33.0 Å². The maximum atomic E-state index is 11.9. The van der Waals surface area contributed by atoms with Crippen LogP contribution in [0.2, 0.25) is 5.02 Å². The Balaban J connectivity index is 1.90. The lowest BCUT2D eigenvalue weighted by Crippen LogP contribution is -1.92. The second kappa shape index (κ2) is 7.84. The smallest absolute Gasteiger partial charge is 0.132 e. The van der Waals surface area contributed by atoms with Crippen LogP contribution in [-0.2, 0) is 0 Å². The van der Waals surface area contributed by atoms with Crippen molar-refractivity contribution >= 4 is 33.4 Å².